The van der Waals surface area contributed by atoms with Crippen molar-refractivity contribution in [3.63, 3.8) is 0 Å². The van der Waals surface area contributed by atoms with E-state index in [9.17, 15) is 13.2 Å². The number of hydrogen-bond acceptors (Lipinski definition) is 6. The first-order valence-electron chi connectivity index (χ1n) is 9.64. The molecule has 2 heterocycles. The highest BCUT2D eigenvalue weighted by molar-refractivity contribution is 7.89. The number of aromatic nitrogens is 3. The van der Waals surface area contributed by atoms with Crippen molar-refractivity contribution in [3.8, 4) is 16.9 Å². The van der Waals surface area contributed by atoms with Crippen LogP contribution < -0.4 is 10.3 Å². The van der Waals surface area contributed by atoms with Crippen LogP contribution in [0.4, 0.5) is 0 Å². The Morgan fingerprint density at radius 3 is 2.43 bits per heavy atom. The van der Waals surface area contributed by atoms with Gasteiger partial charge in [0.15, 0.2) is 5.76 Å². The number of sulfonamides is 1. The molecule has 0 spiro atoms. The summed E-state index contributed by atoms with van der Waals surface area (Å²) in [6.07, 6.45) is 0.648. The maximum Gasteiger partial charge on any atom is 0.271 e. The van der Waals surface area contributed by atoms with Crippen LogP contribution in [0.1, 0.15) is 44.2 Å². The highest BCUT2D eigenvalue weighted by Gasteiger charge is 2.26. The molecule has 1 N–H and O–H groups in total. The van der Waals surface area contributed by atoms with E-state index in [-0.39, 0.29) is 10.5 Å². The molecule has 0 saturated carbocycles. The number of benzene rings is 1. The number of rotatable bonds is 6. The van der Waals surface area contributed by atoms with Gasteiger partial charge in [0.25, 0.3) is 5.56 Å². The van der Waals surface area contributed by atoms with E-state index in [1.165, 1.54) is 10.7 Å². The second-order valence-corrected chi connectivity index (χ2v) is 9.62. The van der Waals surface area contributed by atoms with E-state index >= 15 is 0 Å². The first-order chi connectivity index (χ1) is 13.9. The average molecular weight is 431 g/mol. The highest BCUT2D eigenvalue weighted by Crippen LogP contribution is 2.25. The number of nitrogens with zero attached hydrogens (tertiary/aromatic N) is 3. The molecule has 3 rings (SSSR count). The van der Waals surface area contributed by atoms with Crippen LogP contribution in [0.3, 0.4) is 0 Å². The van der Waals surface area contributed by atoms with E-state index in [4.69, 9.17) is 4.52 Å². The summed E-state index contributed by atoms with van der Waals surface area (Å²) in [7, 11) is -3.74. The highest BCUT2D eigenvalue weighted by atomic mass is 32.2. The minimum Gasteiger partial charge on any atom is -0.359 e. The van der Waals surface area contributed by atoms with Crippen LogP contribution in [0, 0.1) is 20.8 Å². The number of aryl methyl sites for hydroxylation is 3. The fourth-order valence-corrected chi connectivity index (χ4v) is 4.80. The molecule has 8 nitrogen and oxygen atoms in total. The second-order valence-electron chi connectivity index (χ2n) is 7.96. The summed E-state index contributed by atoms with van der Waals surface area (Å²) in [5.41, 5.74) is 1.77. The normalized spacial score (nSPS) is 12.3. The third kappa shape index (κ3) is 4.22. The van der Waals surface area contributed by atoms with Crippen LogP contribution in [0.25, 0.3) is 16.9 Å². The molecule has 0 radical (unpaired) electrons. The predicted molar refractivity (Wildman–Crippen MR) is 114 cm³/mol. The monoisotopic (exact) mass is 430 g/mol. The van der Waals surface area contributed by atoms with Crippen LogP contribution in [-0.4, -0.2) is 28.9 Å². The van der Waals surface area contributed by atoms with E-state index in [1.807, 2.05) is 20.8 Å². The topological polar surface area (TPSA) is 107 Å². The molecule has 0 bridgehead atoms. The average Bonchev–Trinajstić information content (AvgIpc) is 3.00. The fourth-order valence-electron chi connectivity index (χ4n) is 3.05. The molecule has 2 aromatic heterocycles. The zero-order valence-electron chi connectivity index (χ0n) is 18.0. The lowest BCUT2D eigenvalue weighted by atomic mass is 10.0. The third-order valence-corrected chi connectivity index (χ3v) is 6.92. The van der Waals surface area contributed by atoms with Gasteiger partial charge in [-0.2, -0.15) is 9.78 Å². The number of nitrogens with one attached hydrogen (secondary N) is 1. The molecular formula is C21H26N4O4S. The molecule has 0 saturated heterocycles. The Labute approximate surface area is 176 Å². The Hall–Kier alpha value is -2.78. The van der Waals surface area contributed by atoms with Crippen molar-refractivity contribution >= 4 is 10.0 Å². The third-order valence-electron chi connectivity index (χ3n) is 5.08. The molecule has 0 aliphatic heterocycles. The first-order valence-corrected chi connectivity index (χ1v) is 11.1. The summed E-state index contributed by atoms with van der Waals surface area (Å²) in [5, 5.41) is 8.31. The maximum absolute atomic E-state index is 13.0. The van der Waals surface area contributed by atoms with E-state index in [0.29, 0.717) is 40.4 Å². The quantitative estimate of drug-likeness (QED) is 0.643. The molecule has 1 aromatic carbocycles. The van der Waals surface area contributed by atoms with Crippen LogP contribution in [0.15, 0.2) is 44.5 Å². The van der Waals surface area contributed by atoms with Crippen molar-refractivity contribution in [1.82, 2.24) is 19.7 Å². The molecule has 0 unspecified atom stereocenters. The minimum absolute atomic E-state index is 0.179. The summed E-state index contributed by atoms with van der Waals surface area (Å²) in [6.45, 7) is 10.8. The van der Waals surface area contributed by atoms with Crippen molar-refractivity contribution < 1.29 is 12.9 Å². The SMILES string of the molecule is CCC(C)(C)NS(=O)(=O)c1cc(-c2ccc(=O)n(-c3c(C)noc3C)n2)ccc1C. The molecule has 160 valence electrons. The van der Waals surface area contributed by atoms with Gasteiger partial charge in [0.2, 0.25) is 10.0 Å². The van der Waals surface area contributed by atoms with Gasteiger partial charge < -0.3 is 4.52 Å². The van der Waals surface area contributed by atoms with Gasteiger partial charge >= 0.3 is 0 Å². The molecular weight excluding hydrogens is 404 g/mol. The largest absolute Gasteiger partial charge is 0.359 e. The lowest BCUT2D eigenvalue weighted by Crippen LogP contribution is -2.42. The van der Waals surface area contributed by atoms with Crippen LogP contribution in [0.5, 0.6) is 0 Å². The zero-order valence-corrected chi connectivity index (χ0v) is 18.8. The van der Waals surface area contributed by atoms with Crippen LogP contribution >= 0.6 is 0 Å². The van der Waals surface area contributed by atoms with Gasteiger partial charge in [-0.25, -0.2) is 13.1 Å². The molecule has 0 aliphatic carbocycles. The lowest BCUT2D eigenvalue weighted by Gasteiger charge is -2.24. The van der Waals surface area contributed by atoms with Crippen LogP contribution in [0.2, 0.25) is 0 Å². The minimum atomic E-state index is -3.74. The summed E-state index contributed by atoms with van der Waals surface area (Å²) >= 11 is 0. The second kappa shape index (κ2) is 7.81. The van der Waals surface area contributed by atoms with Gasteiger partial charge in [0, 0.05) is 17.2 Å². The van der Waals surface area contributed by atoms with E-state index in [0.717, 1.165) is 0 Å². The van der Waals surface area contributed by atoms with E-state index in [2.05, 4.69) is 15.0 Å². The Bertz CT molecular complexity index is 1240. The lowest BCUT2D eigenvalue weighted by molar-refractivity contribution is 0.392. The molecule has 30 heavy (non-hydrogen) atoms. The molecule has 0 amide bonds. The van der Waals surface area contributed by atoms with Gasteiger partial charge in [0.05, 0.1) is 10.6 Å². The van der Waals surface area contributed by atoms with Crippen molar-refractivity contribution in [2.24, 2.45) is 0 Å². The molecule has 0 atom stereocenters. The molecule has 0 fully saturated rings. The molecule has 3 aromatic rings. The Balaban J connectivity index is 2.12. The van der Waals surface area contributed by atoms with Crippen molar-refractivity contribution in [2.75, 3.05) is 0 Å². The Morgan fingerprint density at radius 1 is 1.13 bits per heavy atom. The van der Waals surface area contributed by atoms with Crippen molar-refractivity contribution in [3.05, 3.63) is 57.7 Å². The predicted octanol–water partition coefficient (Wildman–Crippen LogP) is 3.28. The Kier molecular flexibility index (Phi) is 5.70. The van der Waals surface area contributed by atoms with E-state index < -0.39 is 15.6 Å². The zero-order chi connectivity index (χ0) is 22.3. The standard InChI is InChI=1S/C21H26N4O4S/c1-7-21(5,6)24-30(27,28)18-12-16(9-8-13(18)2)17-10-11-19(26)25(22-17)20-14(3)23-29-15(20)4/h8-12,24H,7H2,1-6H3. The van der Waals surface area contributed by atoms with Gasteiger partial charge in [0.1, 0.15) is 11.4 Å². The van der Waals surface area contributed by atoms with Crippen molar-refractivity contribution in [2.45, 2.75) is 58.4 Å². The van der Waals surface area contributed by atoms with Gasteiger partial charge in [-0.1, -0.05) is 24.2 Å². The summed E-state index contributed by atoms with van der Waals surface area (Å²) in [6, 6.07) is 8.05. The Morgan fingerprint density at radius 2 is 1.83 bits per heavy atom. The van der Waals surface area contributed by atoms with Gasteiger partial charge in [-0.05, 0) is 58.7 Å². The van der Waals surface area contributed by atoms with Gasteiger partial charge in [-0.15, -0.1) is 0 Å². The van der Waals surface area contributed by atoms with Gasteiger partial charge in [-0.3, -0.25) is 4.79 Å². The first kappa shape index (κ1) is 21.9. The smallest absolute Gasteiger partial charge is 0.271 e. The maximum atomic E-state index is 13.0. The summed E-state index contributed by atoms with van der Waals surface area (Å²) in [4.78, 5) is 12.6. The van der Waals surface area contributed by atoms with Crippen LogP contribution in [-0.2, 0) is 10.0 Å². The fraction of sp³-hybridized carbons (Fsp3) is 0.381. The number of hydrogen-bond donors (Lipinski definition) is 1. The summed E-state index contributed by atoms with van der Waals surface area (Å²) in [5.74, 6) is 0.470. The molecule has 0 aliphatic rings. The van der Waals surface area contributed by atoms with E-state index in [1.54, 1.807) is 45.0 Å². The summed E-state index contributed by atoms with van der Waals surface area (Å²) < 4.78 is 35.1. The molecule has 9 heteroatoms. The van der Waals surface area contributed by atoms with Crippen molar-refractivity contribution in [1.29, 1.82) is 0 Å².